The Morgan fingerprint density at radius 2 is 1.79 bits per heavy atom. The normalized spacial score (nSPS) is 20.7. The van der Waals surface area contributed by atoms with E-state index in [2.05, 4.69) is 32.5 Å². The summed E-state index contributed by atoms with van der Waals surface area (Å²) in [6, 6.07) is -1.60. The lowest BCUT2D eigenvalue weighted by atomic mass is 9.83. The van der Waals surface area contributed by atoms with E-state index in [1.165, 1.54) is 18.6 Å². The van der Waals surface area contributed by atoms with Gasteiger partial charge in [-0.1, -0.05) is 25.8 Å². The van der Waals surface area contributed by atoms with Gasteiger partial charge >= 0.3 is 5.97 Å². The van der Waals surface area contributed by atoms with E-state index in [0.29, 0.717) is 13.1 Å². The summed E-state index contributed by atoms with van der Waals surface area (Å²) < 4.78 is 5.60. The van der Waals surface area contributed by atoms with E-state index in [1.54, 1.807) is 25.7 Å². The molecule has 11 heteroatoms. The molecule has 0 bridgehead atoms. The zero-order chi connectivity index (χ0) is 28.7. The average Bonchev–Trinajstić information content (AvgIpc) is 3.36. The van der Waals surface area contributed by atoms with Crippen molar-refractivity contribution in [3.05, 3.63) is 36.6 Å². The van der Waals surface area contributed by atoms with Crippen molar-refractivity contribution in [3.8, 4) is 0 Å². The van der Waals surface area contributed by atoms with Crippen molar-refractivity contribution in [1.82, 2.24) is 30.8 Å². The van der Waals surface area contributed by atoms with Crippen LogP contribution in [0.4, 0.5) is 0 Å². The number of aromatic nitrogens is 2. The van der Waals surface area contributed by atoms with Gasteiger partial charge in [0, 0.05) is 31.5 Å². The first-order valence-electron chi connectivity index (χ1n) is 13.7. The maximum atomic E-state index is 13.6. The third kappa shape index (κ3) is 8.08. The first kappa shape index (κ1) is 30.2. The molecule has 3 rings (SSSR count). The summed E-state index contributed by atoms with van der Waals surface area (Å²) >= 11 is 0. The second kappa shape index (κ2) is 13.1. The third-order valence-corrected chi connectivity index (χ3v) is 7.06. The van der Waals surface area contributed by atoms with Crippen molar-refractivity contribution in [3.63, 3.8) is 0 Å². The van der Waals surface area contributed by atoms with Crippen molar-refractivity contribution in [2.24, 2.45) is 11.8 Å². The molecular formula is C28H42N6O5. The molecule has 3 amide bonds. The Balaban J connectivity index is 1.75. The molecule has 2 heterocycles. The topological polar surface area (TPSA) is 143 Å². The Labute approximate surface area is 230 Å². The molecule has 3 atom stereocenters. The summed E-state index contributed by atoms with van der Waals surface area (Å²) in [5.41, 5.74) is -0.662. The second-order valence-corrected chi connectivity index (χ2v) is 11.6. The van der Waals surface area contributed by atoms with Crippen molar-refractivity contribution >= 4 is 23.7 Å². The highest BCUT2D eigenvalue weighted by atomic mass is 16.6. The van der Waals surface area contributed by atoms with Crippen LogP contribution in [0.25, 0.3) is 0 Å². The maximum absolute atomic E-state index is 13.6. The van der Waals surface area contributed by atoms with Gasteiger partial charge in [-0.2, -0.15) is 0 Å². The van der Waals surface area contributed by atoms with Gasteiger partial charge in [0.2, 0.25) is 5.91 Å². The molecule has 214 valence electrons. The largest absolute Gasteiger partial charge is 0.460 e. The Morgan fingerprint density at radius 1 is 1.10 bits per heavy atom. The van der Waals surface area contributed by atoms with E-state index in [0.717, 1.165) is 32.1 Å². The van der Waals surface area contributed by atoms with Gasteiger partial charge in [-0.25, -0.2) is 4.98 Å². The van der Waals surface area contributed by atoms with Crippen LogP contribution in [0.3, 0.4) is 0 Å². The molecule has 1 aliphatic heterocycles. The number of ether oxygens (including phenoxy) is 1. The molecule has 0 aromatic carbocycles. The molecule has 39 heavy (non-hydrogen) atoms. The smallest absolute Gasteiger partial charge is 0.312 e. The van der Waals surface area contributed by atoms with Gasteiger partial charge in [0.05, 0.1) is 23.9 Å². The van der Waals surface area contributed by atoms with Crippen molar-refractivity contribution in [2.45, 2.75) is 90.4 Å². The number of hydrogen-bond acceptors (Lipinski definition) is 8. The molecule has 2 aliphatic rings. The molecule has 1 aliphatic carbocycles. The number of amides is 3. The van der Waals surface area contributed by atoms with Crippen LogP contribution in [-0.4, -0.2) is 75.4 Å². The first-order valence-corrected chi connectivity index (χ1v) is 13.7. The fraction of sp³-hybridized carbons (Fsp3) is 0.643. The zero-order valence-corrected chi connectivity index (χ0v) is 23.7. The summed E-state index contributed by atoms with van der Waals surface area (Å²) in [4.78, 5) is 62.4. The molecule has 1 saturated heterocycles. The van der Waals surface area contributed by atoms with Gasteiger partial charge in [-0.15, -0.1) is 0 Å². The van der Waals surface area contributed by atoms with E-state index < -0.39 is 41.3 Å². The van der Waals surface area contributed by atoms with Crippen LogP contribution in [0.15, 0.2) is 30.9 Å². The minimum atomic E-state index is -0.862. The van der Waals surface area contributed by atoms with Crippen molar-refractivity contribution < 1.29 is 23.9 Å². The maximum Gasteiger partial charge on any atom is 0.312 e. The molecular weight excluding hydrogens is 500 g/mol. The predicted molar refractivity (Wildman–Crippen MR) is 145 cm³/mol. The lowest BCUT2D eigenvalue weighted by molar-refractivity contribution is -0.162. The number of rotatable bonds is 9. The van der Waals surface area contributed by atoms with Gasteiger partial charge in [-0.05, 0) is 53.4 Å². The highest BCUT2D eigenvalue weighted by molar-refractivity contribution is 6.01. The van der Waals surface area contributed by atoms with Crippen LogP contribution < -0.4 is 16.0 Å². The summed E-state index contributed by atoms with van der Waals surface area (Å²) in [6.45, 7) is 13.8. The van der Waals surface area contributed by atoms with E-state index >= 15 is 0 Å². The number of carbonyl (C=O) groups is 4. The van der Waals surface area contributed by atoms with Gasteiger partial charge < -0.3 is 25.6 Å². The van der Waals surface area contributed by atoms with Crippen LogP contribution in [0.1, 0.15) is 77.2 Å². The second-order valence-electron chi connectivity index (χ2n) is 11.6. The summed E-state index contributed by atoms with van der Waals surface area (Å²) in [7, 11) is 0. The third-order valence-electron chi connectivity index (χ3n) is 7.06. The number of carbonyl (C=O) groups excluding carboxylic acids is 4. The lowest BCUT2D eigenvalue weighted by Crippen LogP contribution is -2.55. The fourth-order valence-electron chi connectivity index (χ4n) is 5.28. The molecule has 0 radical (unpaired) electrons. The van der Waals surface area contributed by atoms with Crippen LogP contribution in [-0.2, 0) is 19.1 Å². The van der Waals surface area contributed by atoms with Gasteiger partial charge in [0.1, 0.15) is 17.3 Å². The minimum absolute atomic E-state index is 0.0842. The Hall–Kier alpha value is -3.34. The Morgan fingerprint density at radius 3 is 2.38 bits per heavy atom. The quantitative estimate of drug-likeness (QED) is 0.317. The number of nitrogens with one attached hydrogen (secondary N) is 3. The highest BCUT2D eigenvalue weighted by Gasteiger charge is 2.43. The standard InChI is InChI=1S/C28H42N6O5/c1-17(2)34(22-16-30-14-20(22)27(38)39-28(4,5)6)26(37)18(3)32-25(36)23(19-10-8-7-9-11-19)33-24(35)21-15-29-12-13-31-21/h12-13,15,17,19-20,22-23,30H,3,7-11,14,16H2,1-2,4-6H3,(H,32,36)(H,33,35)/t20?,22-,23-/m0/s1. The van der Waals surface area contributed by atoms with Crippen molar-refractivity contribution in [1.29, 1.82) is 0 Å². The first-order chi connectivity index (χ1) is 18.4. The van der Waals surface area contributed by atoms with E-state index in [-0.39, 0.29) is 29.3 Å². The SMILES string of the molecule is C=C(NC(=O)[C@@H](NC(=O)c1cnccn1)C1CCCCC1)C(=O)N(C(C)C)[C@H]1CNCC1C(=O)OC(C)(C)C. The number of hydrogen-bond donors (Lipinski definition) is 3. The van der Waals surface area contributed by atoms with Gasteiger partial charge in [0.15, 0.2) is 0 Å². The van der Waals surface area contributed by atoms with Gasteiger partial charge in [0.25, 0.3) is 11.8 Å². The molecule has 0 spiro atoms. The van der Waals surface area contributed by atoms with Crippen LogP contribution >= 0.6 is 0 Å². The Kier molecular flexibility index (Phi) is 10.2. The summed E-state index contributed by atoms with van der Waals surface area (Å²) in [6.07, 6.45) is 8.76. The fourth-order valence-corrected chi connectivity index (χ4v) is 5.28. The van der Waals surface area contributed by atoms with Crippen LogP contribution in [0.2, 0.25) is 0 Å². The Bertz CT molecular complexity index is 1050. The average molecular weight is 543 g/mol. The summed E-state index contributed by atoms with van der Waals surface area (Å²) in [5, 5.41) is 8.66. The van der Waals surface area contributed by atoms with Crippen LogP contribution in [0, 0.1) is 11.8 Å². The molecule has 11 nitrogen and oxygen atoms in total. The van der Waals surface area contributed by atoms with Crippen molar-refractivity contribution in [2.75, 3.05) is 13.1 Å². The number of nitrogens with zero attached hydrogens (tertiary/aromatic N) is 3. The molecule has 1 saturated carbocycles. The molecule has 1 aromatic heterocycles. The minimum Gasteiger partial charge on any atom is -0.460 e. The monoisotopic (exact) mass is 542 g/mol. The predicted octanol–water partition coefficient (Wildman–Crippen LogP) is 1.95. The molecule has 2 fully saturated rings. The summed E-state index contributed by atoms with van der Waals surface area (Å²) in [5.74, 6) is -2.52. The number of esters is 1. The zero-order valence-electron chi connectivity index (χ0n) is 23.7. The van der Waals surface area contributed by atoms with Crippen LogP contribution in [0.5, 0.6) is 0 Å². The molecule has 1 aromatic rings. The molecule has 1 unspecified atom stereocenters. The lowest BCUT2D eigenvalue weighted by Gasteiger charge is -2.36. The van der Waals surface area contributed by atoms with E-state index in [1.807, 2.05) is 13.8 Å². The van der Waals surface area contributed by atoms with Gasteiger partial charge in [-0.3, -0.25) is 24.2 Å². The molecule has 3 N–H and O–H groups in total. The van der Waals surface area contributed by atoms with E-state index in [9.17, 15) is 19.2 Å². The highest BCUT2D eigenvalue weighted by Crippen LogP contribution is 2.28. The van der Waals surface area contributed by atoms with E-state index in [4.69, 9.17) is 4.74 Å².